The van der Waals surface area contributed by atoms with Gasteiger partial charge in [0.1, 0.15) is 0 Å². The molecule has 4 nitrogen and oxygen atoms in total. The van der Waals surface area contributed by atoms with Gasteiger partial charge in [0.25, 0.3) is 0 Å². The summed E-state index contributed by atoms with van der Waals surface area (Å²) in [5.41, 5.74) is 0. The van der Waals surface area contributed by atoms with Crippen molar-refractivity contribution in [2.24, 2.45) is 0 Å². The Labute approximate surface area is 70.2 Å². The van der Waals surface area contributed by atoms with Crippen LogP contribution in [0.1, 0.15) is 4.88 Å². The fourth-order valence-electron chi connectivity index (χ4n) is 0.690. The molecule has 62 valence electrons. The van der Waals surface area contributed by atoms with Crippen LogP contribution in [0.15, 0.2) is 6.20 Å². The Hall–Kier alpha value is -0.520. The lowest BCUT2D eigenvalue weighted by Gasteiger charge is -1.99. The molecule has 0 fully saturated rings. The van der Waals surface area contributed by atoms with Crippen molar-refractivity contribution in [2.45, 2.75) is 6.54 Å². The second kappa shape index (κ2) is 5.17. The van der Waals surface area contributed by atoms with Crippen LogP contribution in [-0.2, 0) is 6.54 Å². The molecule has 0 spiro atoms. The monoisotopic (exact) mass is 172 g/mol. The topological polar surface area (TPSA) is 49.8 Å². The van der Waals surface area contributed by atoms with E-state index in [1.807, 2.05) is 7.05 Å². The van der Waals surface area contributed by atoms with E-state index >= 15 is 0 Å². The van der Waals surface area contributed by atoms with E-state index in [1.54, 1.807) is 6.20 Å². The highest BCUT2D eigenvalue weighted by atomic mass is 32.1. The number of hydrogen-bond acceptors (Lipinski definition) is 5. The highest BCUT2D eigenvalue weighted by molar-refractivity contribution is 7.05. The first-order valence-electron chi connectivity index (χ1n) is 3.55. The van der Waals surface area contributed by atoms with Crippen LogP contribution in [0.4, 0.5) is 0 Å². The number of likely N-dealkylation sites (N-methyl/N-ethyl adjacent to an activating group) is 1. The summed E-state index contributed by atoms with van der Waals surface area (Å²) >= 11 is 1.44. The maximum atomic E-state index is 3.76. The highest BCUT2D eigenvalue weighted by Gasteiger charge is 1.92. The van der Waals surface area contributed by atoms with Gasteiger partial charge >= 0.3 is 0 Å². The number of nitrogens with one attached hydrogen (secondary N) is 2. The van der Waals surface area contributed by atoms with Gasteiger partial charge in [0, 0.05) is 19.6 Å². The molecule has 0 unspecified atom stereocenters. The Kier molecular flexibility index (Phi) is 4.03. The summed E-state index contributed by atoms with van der Waals surface area (Å²) in [5.74, 6) is 0. The molecule has 0 aliphatic heterocycles. The fourth-order valence-corrected chi connectivity index (χ4v) is 1.15. The molecule has 2 N–H and O–H groups in total. The molecule has 5 heteroatoms. The van der Waals surface area contributed by atoms with Gasteiger partial charge in [0.15, 0.2) is 0 Å². The van der Waals surface area contributed by atoms with Crippen LogP contribution in [0.5, 0.6) is 0 Å². The quantitative estimate of drug-likeness (QED) is 0.606. The summed E-state index contributed by atoms with van der Waals surface area (Å²) in [7, 11) is 1.94. The SMILES string of the molecule is CNCCNCc1cnns1. The summed E-state index contributed by atoms with van der Waals surface area (Å²) in [5, 5.41) is 10.0. The van der Waals surface area contributed by atoms with E-state index in [2.05, 4.69) is 20.2 Å². The Morgan fingerprint density at radius 1 is 1.55 bits per heavy atom. The van der Waals surface area contributed by atoms with Crippen molar-refractivity contribution in [3.05, 3.63) is 11.1 Å². The first kappa shape index (κ1) is 8.58. The summed E-state index contributed by atoms with van der Waals surface area (Å²) in [6, 6.07) is 0. The van der Waals surface area contributed by atoms with Crippen molar-refractivity contribution in [1.29, 1.82) is 0 Å². The lowest BCUT2D eigenvalue weighted by Crippen LogP contribution is -2.24. The summed E-state index contributed by atoms with van der Waals surface area (Å²) < 4.78 is 3.76. The predicted octanol–water partition coefficient (Wildman–Crippen LogP) is -0.153. The van der Waals surface area contributed by atoms with Crippen LogP contribution in [0.3, 0.4) is 0 Å². The van der Waals surface area contributed by atoms with E-state index in [0.29, 0.717) is 0 Å². The van der Waals surface area contributed by atoms with Crippen molar-refractivity contribution in [1.82, 2.24) is 20.2 Å². The molecule has 0 aliphatic carbocycles. The fraction of sp³-hybridized carbons (Fsp3) is 0.667. The lowest BCUT2D eigenvalue weighted by molar-refractivity contribution is 0.655. The van der Waals surface area contributed by atoms with Crippen molar-refractivity contribution in [2.75, 3.05) is 20.1 Å². The average Bonchev–Trinajstić information content (AvgIpc) is 2.50. The zero-order valence-corrected chi connectivity index (χ0v) is 7.32. The molecule has 0 atom stereocenters. The Bertz CT molecular complexity index is 175. The first-order chi connectivity index (χ1) is 5.43. The minimum atomic E-state index is 0.874. The van der Waals surface area contributed by atoms with Gasteiger partial charge in [0.05, 0.1) is 11.1 Å². The van der Waals surface area contributed by atoms with Gasteiger partial charge in [-0.15, -0.1) is 5.10 Å². The molecule has 0 saturated heterocycles. The maximum absolute atomic E-state index is 3.76. The second-order valence-corrected chi connectivity index (χ2v) is 3.03. The van der Waals surface area contributed by atoms with Crippen LogP contribution in [0, 0.1) is 0 Å². The Morgan fingerprint density at radius 3 is 3.09 bits per heavy atom. The molecule has 0 radical (unpaired) electrons. The zero-order chi connectivity index (χ0) is 7.94. The predicted molar refractivity (Wildman–Crippen MR) is 45.5 cm³/mol. The average molecular weight is 172 g/mol. The molecule has 0 bridgehead atoms. The number of nitrogens with zero attached hydrogens (tertiary/aromatic N) is 2. The zero-order valence-electron chi connectivity index (χ0n) is 6.50. The smallest absolute Gasteiger partial charge is 0.0666 e. The number of rotatable bonds is 5. The van der Waals surface area contributed by atoms with E-state index in [4.69, 9.17) is 0 Å². The van der Waals surface area contributed by atoms with Gasteiger partial charge < -0.3 is 10.6 Å². The third kappa shape index (κ3) is 3.41. The third-order valence-electron chi connectivity index (χ3n) is 1.26. The molecule has 0 saturated carbocycles. The minimum Gasteiger partial charge on any atom is -0.318 e. The van der Waals surface area contributed by atoms with Crippen LogP contribution >= 0.6 is 11.5 Å². The van der Waals surface area contributed by atoms with Crippen molar-refractivity contribution >= 4 is 11.5 Å². The molecule has 0 amide bonds. The normalized spacial score (nSPS) is 10.3. The molecule has 1 aromatic heterocycles. The first-order valence-corrected chi connectivity index (χ1v) is 4.32. The molecule has 1 aromatic rings. The van der Waals surface area contributed by atoms with Gasteiger partial charge in [-0.1, -0.05) is 4.49 Å². The molecule has 1 rings (SSSR count). The molecule has 11 heavy (non-hydrogen) atoms. The van der Waals surface area contributed by atoms with E-state index in [1.165, 1.54) is 16.4 Å². The summed E-state index contributed by atoms with van der Waals surface area (Å²) in [6.45, 7) is 2.85. The van der Waals surface area contributed by atoms with Gasteiger partial charge in [0.2, 0.25) is 0 Å². The van der Waals surface area contributed by atoms with Crippen LogP contribution in [-0.4, -0.2) is 29.7 Å². The standard InChI is InChI=1S/C6H12N4S/c1-7-2-3-8-4-6-5-9-10-11-6/h5,7-8H,2-4H2,1H3. The minimum absolute atomic E-state index is 0.874. The molecule has 1 heterocycles. The van der Waals surface area contributed by atoms with Gasteiger partial charge in [-0.25, -0.2) is 0 Å². The van der Waals surface area contributed by atoms with Gasteiger partial charge in [-0.05, 0) is 18.6 Å². The highest BCUT2D eigenvalue weighted by Crippen LogP contribution is 1.99. The van der Waals surface area contributed by atoms with E-state index in [-0.39, 0.29) is 0 Å². The lowest BCUT2D eigenvalue weighted by atomic mass is 10.5. The van der Waals surface area contributed by atoms with E-state index < -0.39 is 0 Å². The van der Waals surface area contributed by atoms with E-state index in [9.17, 15) is 0 Å². The van der Waals surface area contributed by atoms with Crippen molar-refractivity contribution < 1.29 is 0 Å². The number of hydrogen-bond donors (Lipinski definition) is 2. The van der Waals surface area contributed by atoms with Crippen LogP contribution < -0.4 is 10.6 Å². The maximum Gasteiger partial charge on any atom is 0.0666 e. The summed E-state index contributed by atoms with van der Waals surface area (Å²) in [4.78, 5) is 1.18. The Balaban J connectivity index is 2.04. The second-order valence-electron chi connectivity index (χ2n) is 2.16. The van der Waals surface area contributed by atoms with Gasteiger partial charge in [-0.2, -0.15) is 0 Å². The van der Waals surface area contributed by atoms with Crippen LogP contribution in [0.25, 0.3) is 0 Å². The molecular formula is C6H12N4S. The van der Waals surface area contributed by atoms with Gasteiger partial charge in [-0.3, -0.25) is 0 Å². The molecular weight excluding hydrogens is 160 g/mol. The Morgan fingerprint density at radius 2 is 2.45 bits per heavy atom. The molecule has 0 aliphatic rings. The number of aromatic nitrogens is 2. The van der Waals surface area contributed by atoms with E-state index in [0.717, 1.165) is 19.6 Å². The largest absolute Gasteiger partial charge is 0.318 e. The summed E-state index contributed by atoms with van der Waals surface area (Å²) in [6.07, 6.45) is 1.79. The molecule has 0 aromatic carbocycles. The van der Waals surface area contributed by atoms with Crippen molar-refractivity contribution in [3.63, 3.8) is 0 Å². The third-order valence-corrected chi connectivity index (χ3v) is 1.92. The van der Waals surface area contributed by atoms with Crippen molar-refractivity contribution in [3.8, 4) is 0 Å². The van der Waals surface area contributed by atoms with Crippen LogP contribution in [0.2, 0.25) is 0 Å².